The Hall–Kier alpha value is -3.80. The number of carbonyl (C=O) groups is 2. The second kappa shape index (κ2) is 9.94. The number of nitrogens with one attached hydrogen (secondary N) is 3. The van der Waals surface area contributed by atoms with Crippen molar-refractivity contribution in [1.29, 1.82) is 0 Å². The highest BCUT2D eigenvalue weighted by atomic mass is 16.2. The molecular weight excluding hydrogens is 364 g/mol. The van der Waals surface area contributed by atoms with Crippen molar-refractivity contribution < 1.29 is 9.59 Å². The third-order valence-electron chi connectivity index (χ3n) is 4.37. The molecule has 0 atom stereocenters. The van der Waals surface area contributed by atoms with E-state index in [0.29, 0.717) is 30.0 Å². The fourth-order valence-corrected chi connectivity index (χ4v) is 2.77. The molecular formula is C23H24N4O2. The first kappa shape index (κ1) is 19.9. The molecule has 3 aromatic carbocycles. The summed E-state index contributed by atoms with van der Waals surface area (Å²) in [5, 5.41) is 8.40. The average Bonchev–Trinajstić information content (AvgIpc) is 2.75. The van der Waals surface area contributed by atoms with Gasteiger partial charge in [-0.15, -0.1) is 0 Å². The first-order valence-corrected chi connectivity index (χ1v) is 9.39. The Bertz CT molecular complexity index is 928. The van der Waals surface area contributed by atoms with E-state index in [4.69, 9.17) is 0 Å². The monoisotopic (exact) mass is 388 g/mol. The van der Waals surface area contributed by atoms with Crippen LogP contribution in [0, 0.1) is 0 Å². The summed E-state index contributed by atoms with van der Waals surface area (Å²) < 4.78 is 0. The number of hydrogen-bond donors (Lipinski definition) is 3. The van der Waals surface area contributed by atoms with E-state index >= 15 is 0 Å². The maximum atomic E-state index is 12.3. The molecule has 0 heterocycles. The lowest BCUT2D eigenvalue weighted by Gasteiger charge is -2.19. The molecule has 0 aliphatic rings. The zero-order valence-electron chi connectivity index (χ0n) is 16.3. The van der Waals surface area contributed by atoms with Gasteiger partial charge in [0.25, 0.3) is 5.91 Å². The lowest BCUT2D eigenvalue weighted by molar-refractivity contribution is 0.0954. The number of nitrogens with zero attached hydrogens (tertiary/aromatic N) is 1. The Labute approximate surface area is 170 Å². The highest BCUT2D eigenvalue weighted by Crippen LogP contribution is 2.12. The van der Waals surface area contributed by atoms with E-state index in [-0.39, 0.29) is 11.9 Å². The van der Waals surface area contributed by atoms with Crippen molar-refractivity contribution in [3.8, 4) is 0 Å². The van der Waals surface area contributed by atoms with Crippen LogP contribution in [-0.4, -0.2) is 32.1 Å². The molecule has 0 unspecified atom stereocenters. The molecule has 0 spiro atoms. The minimum Gasteiger partial charge on any atom is -0.373 e. The summed E-state index contributed by atoms with van der Waals surface area (Å²) in [6, 6.07) is 25.6. The molecule has 0 radical (unpaired) electrons. The van der Waals surface area contributed by atoms with Crippen molar-refractivity contribution >= 4 is 29.0 Å². The van der Waals surface area contributed by atoms with Crippen LogP contribution >= 0.6 is 0 Å². The molecule has 3 amide bonds. The van der Waals surface area contributed by atoms with Crippen molar-refractivity contribution in [3.63, 3.8) is 0 Å². The maximum absolute atomic E-state index is 12.3. The number of urea groups is 1. The summed E-state index contributed by atoms with van der Waals surface area (Å²) in [5.74, 6) is -0.147. The number of amides is 3. The van der Waals surface area contributed by atoms with Crippen LogP contribution in [0.4, 0.5) is 21.9 Å². The van der Waals surface area contributed by atoms with E-state index in [1.165, 1.54) is 0 Å². The van der Waals surface area contributed by atoms with Crippen molar-refractivity contribution in [1.82, 2.24) is 5.32 Å². The molecule has 6 nitrogen and oxygen atoms in total. The van der Waals surface area contributed by atoms with Gasteiger partial charge in [-0.25, -0.2) is 4.79 Å². The third-order valence-corrected chi connectivity index (χ3v) is 4.37. The Balaban J connectivity index is 1.45. The molecule has 6 heteroatoms. The van der Waals surface area contributed by atoms with E-state index in [0.717, 1.165) is 5.69 Å². The Morgan fingerprint density at radius 2 is 1.31 bits per heavy atom. The number of anilines is 3. The van der Waals surface area contributed by atoms with Crippen LogP contribution in [0.25, 0.3) is 0 Å². The van der Waals surface area contributed by atoms with Gasteiger partial charge in [-0.05, 0) is 48.5 Å². The van der Waals surface area contributed by atoms with Crippen LogP contribution < -0.4 is 20.9 Å². The van der Waals surface area contributed by atoms with Crippen LogP contribution in [-0.2, 0) is 0 Å². The van der Waals surface area contributed by atoms with E-state index < -0.39 is 0 Å². The lowest BCUT2D eigenvalue weighted by Crippen LogP contribution is -2.32. The van der Waals surface area contributed by atoms with Gasteiger partial charge in [-0.3, -0.25) is 4.79 Å². The highest BCUT2D eigenvalue weighted by molar-refractivity contribution is 6.00. The van der Waals surface area contributed by atoms with E-state index in [1.807, 2.05) is 67.7 Å². The lowest BCUT2D eigenvalue weighted by atomic mass is 10.2. The van der Waals surface area contributed by atoms with Gasteiger partial charge in [-0.1, -0.05) is 36.4 Å². The van der Waals surface area contributed by atoms with Gasteiger partial charge in [0, 0.05) is 42.8 Å². The largest absolute Gasteiger partial charge is 0.373 e. The predicted octanol–water partition coefficient (Wildman–Crippen LogP) is 4.20. The number of rotatable bonds is 7. The third kappa shape index (κ3) is 6.10. The first-order valence-electron chi connectivity index (χ1n) is 9.39. The quantitative estimate of drug-likeness (QED) is 0.568. The molecule has 0 saturated carbocycles. The van der Waals surface area contributed by atoms with E-state index in [9.17, 15) is 9.59 Å². The van der Waals surface area contributed by atoms with Crippen LogP contribution in [0.1, 0.15) is 10.4 Å². The van der Waals surface area contributed by atoms with Gasteiger partial charge in [0.1, 0.15) is 0 Å². The van der Waals surface area contributed by atoms with Crippen molar-refractivity contribution in [2.24, 2.45) is 0 Å². The van der Waals surface area contributed by atoms with Gasteiger partial charge in [-0.2, -0.15) is 0 Å². The van der Waals surface area contributed by atoms with E-state index in [1.54, 1.807) is 24.3 Å². The molecule has 3 N–H and O–H groups in total. The fourth-order valence-electron chi connectivity index (χ4n) is 2.77. The zero-order chi connectivity index (χ0) is 20.5. The van der Waals surface area contributed by atoms with Crippen LogP contribution in [0.2, 0.25) is 0 Å². The molecule has 0 aromatic heterocycles. The predicted molar refractivity (Wildman–Crippen MR) is 118 cm³/mol. The van der Waals surface area contributed by atoms with Gasteiger partial charge >= 0.3 is 6.03 Å². The Kier molecular flexibility index (Phi) is 6.84. The standard InChI is InChI=1S/C23H24N4O2/c1-27(21-10-6-3-7-11-21)17-16-24-22(28)18-12-14-20(15-13-18)26-23(29)25-19-8-4-2-5-9-19/h2-15H,16-17H2,1H3,(H,24,28)(H2,25,26,29). The fraction of sp³-hybridized carbons (Fsp3) is 0.130. The van der Waals surface area contributed by atoms with Crippen molar-refractivity contribution in [2.75, 3.05) is 35.7 Å². The minimum absolute atomic E-state index is 0.147. The van der Waals surface area contributed by atoms with Crippen molar-refractivity contribution in [3.05, 3.63) is 90.5 Å². The second-order valence-corrected chi connectivity index (χ2v) is 6.54. The Morgan fingerprint density at radius 3 is 1.93 bits per heavy atom. The van der Waals surface area contributed by atoms with Gasteiger partial charge in [0.05, 0.1) is 0 Å². The molecule has 148 valence electrons. The molecule has 29 heavy (non-hydrogen) atoms. The molecule has 0 fully saturated rings. The molecule has 0 bridgehead atoms. The molecule has 3 aromatic rings. The number of para-hydroxylation sites is 2. The SMILES string of the molecule is CN(CCNC(=O)c1ccc(NC(=O)Nc2ccccc2)cc1)c1ccccc1. The number of hydrogen-bond acceptors (Lipinski definition) is 3. The van der Waals surface area contributed by atoms with Crippen LogP contribution in [0.15, 0.2) is 84.9 Å². The first-order chi connectivity index (χ1) is 14.1. The van der Waals surface area contributed by atoms with Crippen LogP contribution in [0.3, 0.4) is 0 Å². The number of carbonyl (C=O) groups excluding carboxylic acids is 2. The van der Waals surface area contributed by atoms with Gasteiger partial charge in [0.15, 0.2) is 0 Å². The smallest absolute Gasteiger partial charge is 0.323 e. The number of likely N-dealkylation sites (N-methyl/N-ethyl adjacent to an activating group) is 1. The summed E-state index contributed by atoms with van der Waals surface area (Å²) in [6.45, 7) is 1.23. The van der Waals surface area contributed by atoms with Gasteiger partial charge in [0.2, 0.25) is 0 Å². The maximum Gasteiger partial charge on any atom is 0.323 e. The molecule has 3 rings (SSSR count). The van der Waals surface area contributed by atoms with Crippen molar-refractivity contribution in [2.45, 2.75) is 0 Å². The molecule has 0 saturated heterocycles. The highest BCUT2D eigenvalue weighted by Gasteiger charge is 2.07. The topological polar surface area (TPSA) is 73.5 Å². The van der Waals surface area contributed by atoms with Crippen LogP contribution in [0.5, 0.6) is 0 Å². The zero-order valence-corrected chi connectivity index (χ0v) is 16.3. The summed E-state index contributed by atoms with van der Waals surface area (Å²) >= 11 is 0. The average molecular weight is 388 g/mol. The second-order valence-electron chi connectivity index (χ2n) is 6.54. The normalized spacial score (nSPS) is 10.1. The summed E-state index contributed by atoms with van der Waals surface area (Å²) in [6.07, 6.45) is 0. The summed E-state index contributed by atoms with van der Waals surface area (Å²) in [7, 11) is 1.99. The van der Waals surface area contributed by atoms with E-state index in [2.05, 4.69) is 20.9 Å². The molecule has 0 aliphatic carbocycles. The Morgan fingerprint density at radius 1 is 0.759 bits per heavy atom. The minimum atomic E-state index is -0.336. The van der Waals surface area contributed by atoms with Gasteiger partial charge < -0.3 is 20.9 Å². The summed E-state index contributed by atoms with van der Waals surface area (Å²) in [5.41, 5.74) is 2.97. The number of benzene rings is 3. The summed E-state index contributed by atoms with van der Waals surface area (Å²) in [4.78, 5) is 26.4. The molecule has 0 aliphatic heterocycles.